The van der Waals surface area contributed by atoms with Crippen molar-refractivity contribution in [2.45, 2.75) is 51.9 Å². The lowest BCUT2D eigenvalue weighted by Crippen LogP contribution is -2.41. The second-order valence-corrected chi connectivity index (χ2v) is 7.60. The molecule has 0 unspecified atom stereocenters. The third-order valence-electron chi connectivity index (χ3n) is 5.27. The van der Waals surface area contributed by atoms with Crippen LogP contribution in [-0.4, -0.2) is 36.6 Å². The molecule has 2 aromatic rings. The van der Waals surface area contributed by atoms with Crippen molar-refractivity contribution in [2.75, 3.05) is 13.7 Å². The molecular formula is C19H26BNO4. The molecule has 0 atom stereocenters. The Morgan fingerprint density at radius 1 is 1.12 bits per heavy atom. The van der Waals surface area contributed by atoms with Crippen molar-refractivity contribution in [3.8, 4) is 0 Å². The topological polar surface area (TPSA) is 49.7 Å². The minimum atomic E-state index is -0.418. The average Bonchev–Trinajstić information content (AvgIpc) is 2.77. The summed E-state index contributed by atoms with van der Waals surface area (Å²) in [7, 11) is 1.25. The van der Waals surface area contributed by atoms with Gasteiger partial charge in [0, 0.05) is 31.8 Å². The Morgan fingerprint density at radius 2 is 1.80 bits per heavy atom. The molecule has 0 aliphatic carbocycles. The van der Waals surface area contributed by atoms with E-state index in [0.29, 0.717) is 18.5 Å². The van der Waals surface area contributed by atoms with Crippen LogP contribution in [0.3, 0.4) is 0 Å². The van der Waals surface area contributed by atoms with Gasteiger partial charge in [-0.3, -0.25) is 4.79 Å². The van der Waals surface area contributed by atoms with E-state index in [1.165, 1.54) is 0 Å². The number of ether oxygens (including phenoxy) is 1. The van der Waals surface area contributed by atoms with E-state index in [4.69, 9.17) is 14.0 Å². The quantitative estimate of drug-likeness (QED) is 0.618. The fraction of sp³-hybridized carbons (Fsp3) is 0.526. The Balaban J connectivity index is 1.89. The highest BCUT2D eigenvalue weighted by molar-refractivity contribution is 6.62. The average molecular weight is 343 g/mol. The number of hydrogen-bond donors (Lipinski definition) is 0. The zero-order valence-electron chi connectivity index (χ0n) is 15.7. The Labute approximate surface area is 149 Å². The van der Waals surface area contributed by atoms with Crippen molar-refractivity contribution in [3.63, 3.8) is 0 Å². The predicted molar refractivity (Wildman–Crippen MR) is 100 cm³/mol. The van der Waals surface area contributed by atoms with Crippen molar-refractivity contribution in [1.29, 1.82) is 0 Å². The maximum absolute atomic E-state index is 12.6. The first-order valence-electron chi connectivity index (χ1n) is 8.73. The normalized spacial score (nSPS) is 18.8. The molecule has 0 N–H and O–H groups in total. The summed E-state index contributed by atoms with van der Waals surface area (Å²) in [6.07, 6.45) is 2.66. The van der Waals surface area contributed by atoms with Gasteiger partial charge < -0.3 is 18.6 Å². The summed E-state index contributed by atoms with van der Waals surface area (Å²) in [5.41, 5.74) is 0.200. The molecule has 5 nitrogen and oxygen atoms in total. The molecule has 0 spiro atoms. The standard InChI is InChI=1S/C19H26BNO4/c1-18(2)19(3,4)25-20(24-18)15-7-8-16-14(13-15)9-11-21(17(16)22)10-6-12-23-5/h7-9,11,13H,6,10,12H2,1-5H3. The number of methoxy groups -OCH3 is 1. The second kappa shape index (κ2) is 6.59. The molecule has 2 heterocycles. The minimum Gasteiger partial charge on any atom is -0.399 e. The third kappa shape index (κ3) is 3.39. The highest BCUT2D eigenvalue weighted by atomic mass is 16.7. The summed E-state index contributed by atoms with van der Waals surface area (Å²) in [6, 6.07) is 7.74. The lowest BCUT2D eigenvalue weighted by molar-refractivity contribution is 0.00578. The SMILES string of the molecule is COCCCn1ccc2cc(B3OC(C)(C)C(C)(C)O3)ccc2c1=O. The summed E-state index contributed by atoms with van der Waals surface area (Å²) in [6.45, 7) is 9.44. The molecule has 6 heteroatoms. The van der Waals surface area contributed by atoms with Crippen LogP contribution in [0.2, 0.25) is 0 Å². The number of benzene rings is 1. The van der Waals surface area contributed by atoms with Gasteiger partial charge in [-0.25, -0.2) is 0 Å². The van der Waals surface area contributed by atoms with E-state index in [2.05, 4.69) is 0 Å². The number of nitrogens with zero attached hydrogens (tertiary/aromatic N) is 1. The van der Waals surface area contributed by atoms with Gasteiger partial charge in [0.1, 0.15) is 0 Å². The summed E-state index contributed by atoms with van der Waals surface area (Å²) in [5, 5.41) is 1.61. The van der Waals surface area contributed by atoms with Gasteiger partial charge in [0.05, 0.1) is 11.2 Å². The maximum Gasteiger partial charge on any atom is 0.494 e. The molecule has 1 aromatic carbocycles. The number of aromatic nitrogens is 1. The lowest BCUT2D eigenvalue weighted by Gasteiger charge is -2.32. The van der Waals surface area contributed by atoms with Crippen LogP contribution in [0.4, 0.5) is 0 Å². The Hall–Kier alpha value is -1.63. The summed E-state index contributed by atoms with van der Waals surface area (Å²) in [5.74, 6) is 0. The largest absolute Gasteiger partial charge is 0.494 e. The van der Waals surface area contributed by atoms with Gasteiger partial charge in [0.2, 0.25) is 0 Å². The fourth-order valence-corrected chi connectivity index (χ4v) is 2.99. The number of fused-ring (bicyclic) bond motifs is 1. The van der Waals surface area contributed by atoms with E-state index < -0.39 is 7.12 Å². The molecular weight excluding hydrogens is 317 g/mol. The number of pyridine rings is 1. The molecule has 1 aromatic heterocycles. The van der Waals surface area contributed by atoms with Crippen LogP contribution in [0.5, 0.6) is 0 Å². The summed E-state index contributed by atoms with van der Waals surface area (Å²) >= 11 is 0. The third-order valence-corrected chi connectivity index (χ3v) is 5.27. The van der Waals surface area contributed by atoms with Crippen LogP contribution in [-0.2, 0) is 20.6 Å². The van der Waals surface area contributed by atoms with E-state index in [1.54, 1.807) is 11.7 Å². The summed E-state index contributed by atoms with van der Waals surface area (Å²) < 4.78 is 19.0. The number of rotatable bonds is 5. The zero-order chi connectivity index (χ0) is 18.2. The van der Waals surface area contributed by atoms with E-state index in [1.807, 2.05) is 58.2 Å². The Morgan fingerprint density at radius 3 is 2.44 bits per heavy atom. The lowest BCUT2D eigenvalue weighted by atomic mass is 9.78. The van der Waals surface area contributed by atoms with E-state index >= 15 is 0 Å². The van der Waals surface area contributed by atoms with Gasteiger partial charge >= 0.3 is 7.12 Å². The number of hydrogen-bond acceptors (Lipinski definition) is 4. The van der Waals surface area contributed by atoms with E-state index in [0.717, 1.165) is 17.3 Å². The van der Waals surface area contributed by atoms with Gasteiger partial charge in [0.15, 0.2) is 0 Å². The van der Waals surface area contributed by atoms with Crippen LogP contribution in [0.25, 0.3) is 10.8 Å². The van der Waals surface area contributed by atoms with E-state index in [-0.39, 0.29) is 16.8 Å². The molecule has 3 rings (SSSR count). The maximum atomic E-state index is 12.6. The van der Waals surface area contributed by atoms with E-state index in [9.17, 15) is 4.79 Å². The van der Waals surface area contributed by atoms with Crippen molar-refractivity contribution >= 4 is 23.4 Å². The summed E-state index contributed by atoms with van der Waals surface area (Å²) in [4.78, 5) is 12.6. The molecule has 1 aliphatic rings. The number of aryl methyl sites for hydroxylation is 1. The Bertz CT molecular complexity index is 812. The molecule has 25 heavy (non-hydrogen) atoms. The Kier molecular flexibility index (Phi) is 4.79. The zero-order valence-corrected chi connectivity index (χ0v) is 15.7. The molecule has 0 bridgehead atoms. The van der Waals surface area contributed by atoms with Crippen LogP contribution in [0, 0.1) is 0 Å². The van der Waals surface area contributed by atoms with Crippen LogP contribution >= 0.6 is 0 Å². The fourth-order valence-electron chi connectivity index (χ4n) is 2.99. The second-order valence-electron chi connectivity index (χ2n) is 7.60. The molecule has 1 fully saturated rings. The first-order valence-corrected chi connectivity index (χ1v) is 8.73. The molecule has 0 amide bonds. The molecule has 1 saturated heterocycles. The van der Waals surface area contributed by atoms with Gasteiger partial charge in [-0.1, -0.05) is 12.1 Å². The van der Waals surface area contributed by atoms with Crippen molar-refractivity contribution in [1.82, 2.24) is 4.57 Å². The first-order chi connectivity index (χ1) is 11.7. The van der Waals surface area contributed by atoms with Crippen LogP contribution in [0.1, 0.15) is 34.1 Å². The smallest absolute Gasteiger partial charge is 0.399 e. The van der Waals surface area contributed by atoms with Crippen molar-refractivity contribution in [2.24, 2.45) is 0 Å². The molecule has 1 aliphatic heterocycles. The highest BCUT2D eigenvalue weighted by Crippen LogP contribution is 2.36. The van der Waals surface area contributed by atoms with Gasteiger partial charge in [0.25, 0.3) is 5.56 Å². The minimum absolute atomic E-state index is 0.0223. The van der Waals surface area contributed by atoms with Gasteiger partial charge in [-0.05, 0) is 57.1 Å². The molecule has 134 valence electrons. The first kappa shape index (κ1) is 18.2. The predicted octanol–water partition coefficient (Wildman–Crippen LogP) is 2.34. The van der Waals surface area contributed by atoms with Crippen LogP contribution in [0.15, 0.2) is 35.3 Å². The van der Waals surface area contributed by atoms with Crippen molar-refractivity contribution < 1.29 is 14.0 Å². The van der Waals surface area contributed by atoms with Gasteiger partial charge in [-0.15, -0.1) is 0 Å². The molecule has 0 radical (unpaired) electrons. The van der Waals surface area contributed by atoms with Gasteiger partial charge in [-0.2, -0.15) is 0 Å². The monoisotopic (exact) mass is 343 g/mol. The highest BCUT2D eigenvalue weighted by Gasteiger charge is 2.51. The van der Waals surface area contributed by atoms with Crippen LogP contribution < -0.4 is 11.0 Å². The van der Waals surface area contributed by atoms with Crippen molar-refractivity contribution in [3.05, 3.63) is 40.8 Å². The molecule has 0 saturated carbocycles.